The molecule has 0 aliphatic heterocycles. The molecule has 5 N–H and O–H groups in total. The molecule has 0 saturated heterocycles. The first-order chi connectivity index (χ1) is 36.0. The monoisotopic (exact) mass is 1050 g/mol. The number of nitrogens with zero attached hydrogens (tertiary/aromatic N) is 5. The Kier molecular flexibility index (Phi) is 31.5. The van der Waals surface area contributed by atoms with E-state index in [1.165, 1.54) is 13.8 Å². The predicted molar refractivity (Wildman–Crippen MR) is 279 cm³/mol. The number of carbonyl (C=O) groups excluding carboxylic acids is 5. The lowest BCUT2D eigenvalue weighted by Gasteiger charge is -2.20. The molecule has 5 amide bonds. The number of hydrogen-bond donors (Lipinski definition) is 5. The van der Waals surface area contributed by atoms with E-state index < -0.39 is 29.9 Å². The summed E-state index contributed by atoms with van der Waals surface area (Å²) in [4.78, 5) is 85.3. The summed E-state index contributed by atoms with van der Waals surface area (Å²) in [6.45, 7) is 23.3. The SMILES string of the molecule is CC(C)CNC(=O)[C@H](C)NC(=O)[C@H](C)NC(=O)[C@H](C)NC(=O)CCOCCOCCOCCOCCOCCOCCOCCOCCNC(=O)c1cc(-c2cnc(C(C)C)nc2)nc(-c2cnc(C(C)C)nc2)c1. The van der Waals surface area contributed by atoms with Crippen LogP contribution in [0.4, 0.5) is 0 Å². The van der Waals surface area contributed by atoms with E-state index >= 15 is 0 Å². The van der Waals surface area contributed by atoms with Crippen LogP contribution in [0.15, 0.2) is 36.9 Å². The number of nitrogens with one attached hydrogen (secondary N) is 5. The summed E-state index contributed by atoms with van der Waals surface area (Å²) in [5.41, 5.74) is 2.93. The minimum Gasteiger partial charge on any atom is -0.379 e. The molecule has 0 bridgehead atoms. The Bertz CT molecular complexity index is 2050. The van der Waals surface area contributed by atoms with Crippen LogP contribution in [-0.4, -0.2) is 191 Å². The van der Waals surface area contributed by atoms with E-state index in [1.54, 1.807) is 43.8 Å². The number of amides is 5. The van der Waals surface area contributed by atoms with Crippen molar-refractivity contribution in [1.29, 1.82) is 0 Å². The van der Waals surface area contributed by atoms with Crippen molar-refractivity contribution in [3.8, 4) is 22.5 Å². The minimum absolute atomic E-state index is 0.0400. The summed E-state index contributed by atoms with van der Waals surface area (Å²) in [6.07, 6.45) is 6.92. The first-order valence-electron chi connectivity index (χ1n) is 25.8. The van der Waals surface area contributed by atoms with Gasteiger partial charge in [0.1, 0.15) is 29.8 Å². The first kappa shape index (κ1) is 63.6. The Balaban J connectivity index is 1.09. The molecule has 23 nitrogen and oxygen atoms in total. The number of hydrogen-bond acceptors (Lipinski definition) is 18. The molecule has 3 rings (SSSR count). The van der Waals surface area contributed by atoms with Gasteiger partial charge < -0.3 is 64.5 Å². The van der Waals surface area contributed by atoms with E-state index in [-0.39, 0.29) is 55.1 Å². The van der Waals surface area contributed by atoms with Gasteiger partial charge >= 0.3 is 0 Å². The average Bonchev–Trinajstić information content (AvgIpc) is 3.39. The Hall–Kier alpha value is -5.66. The standard InChI is InChI=1S/C52H82N10O13/c1-35(2)30-58-49(64)38(7)60-51(66)40(9)61-50(65)39(8)59-46(63)10-12-68-14-16-70-18-20-72-22-24-74-26-27-75-25-23-73-21-19-71-17-15-69-13-11-53-52(67)41-28-44(42-31-54-47(36(3)4)55-32-42)62-45(29-41)43-33-56-48(37(5)6)57-34-43/h28-29,31-40H,10-27,30H2,1-9H3,(H,53,67)(H,58,64)(H,59,63)(H,60,66)(H,61,65)/t38-,39-,40-/m0/s1. The van der Waals surface area contributed by atoms with Gasteiger partial charge in [-0.15, -0.1) is 0 Å². The van der Waals surface area contributed by atoms with Crippen molar-refractivity contribution in [3.05, 3.63) is 54.1 Å². The minimum atomic E-state index is -0.911. The van der Waals surface area contributed by atoms with Gasteiger partial charge in [-0.1, -0.05) is 41.5 Å². The van der Waals surface area contributed by atoms with Crippen molar-refractivity contribution in [2.75, 3.05) is 119 Å². The second-order valence-electron chi connectivity index (χ2n) is 18.4. The van der Waals surface area contributed by atoms with Crippen molar-refractivity contribution in [2.45, 2.75) is 98.7 Å². The summed E-state index contributed by atoms with van der Waals surface area (Å²) in [5.74, 6) is 0.0594. The maximum atomic E-state index is 13.3. The Morgan fingerprint density at radius 3 is 1.16 bits per heavy atom. The fourth-order valence-electron chi connectivity index (χ4n) is 6.28. The highest BCUT2D eigenvalue weighted by Crippen LogP contribution is 2.25. The average molecular weight is 1060 g/mol. The molecular formula is C52H82N10O13. The molecule has 23 heteroatoms. The molecule has 0 aliphatic rings. The Labute approximate surface area is 441 Å². The predicted octanol–water partition coefficient (Wildman–Crippen LogP) is 2.78. The smallest absolute Gasteiger partial charge is 0.251 e. The van der Waals surface area contributed by atoms with E-state index in [0.717, 1.165) is 11.6 Å². The molecule has 3 heterocycles. The van der Waals surface area contributed by atoms with E-state index in [1.807, 2.05) is 41.5 Å². The molecule has 3 aromatic heterocycles. The van der Waals surface area contributed by atoms with Gasteiger partial charge in [0, 0.05) is 72.8 Å². The van der Waals surface area contributed by atoms with E-state index in [4.69, 9.17) is 42.9 Å². The Morgan fingerprint density at radius 1 is 0.440 bits per heavy atom. The summed E-state index contributed by atoms with van der Waals surface area (Å²) in [6, 6.07) is 0.883. The van der Waals surface area contributed by atoms with Gasteiger partial charge in [-0.05, 0) is 38.8 Å². The van der Waals surface area contributed by atoms with Crippen molar-refractivity contribution in [3.63, 3.8) is 0 Å². The summed E-state index contributed by atoms with van der Waals surface area (Å²) >= 11 is 0. The maximum absolute atomic E-state index is 13.3. The van der Waals surface area contributed by atoms with Crippen LogP contribution >= 0.6 is 0 Å². The highest BCUT2D eigenvalue weighted by molar-refractivity contribution is 5.96. The van der Waals surface area contributed by atoms with Crippen molar-refractivity contribution in [1.82, 2.24) is 51.5 Å². The van der Waals surface area contributed by atoms with Crippen LogP contribution in [0.2, 0.25) is 0 Å². The van der Waals surface area contributed by atoms with Crippen molar-refractivity contribution >= 4 is 29.5 Å². The molecule has 3 aromatic rings. The number of carbonyl (C=O) groups is 5. The zero-order chi connectivity index (χ0) is 54.8. The third-order valence-corrected chi connectivity index (χ3v) is 10.6. The third-order valence-electron chi connectivity index (χ3n) is 10.6. The lowest BCUT2D eigenvalue weighted by atomic mass is 10.1. The largest absolute Gasteiger partial charge is 0.379 e. The van der Waals surface area contributed by atoms with Crippen LogP contribution in [0.25, 0.3) is 22.5 Å². The van der Waals surface area contributed by atoms with Gasteiger partial charge in [-0.25, -0.2) is 24.9 Å². The Morgan fingerprint density at radius 2 is 0.787 bits per heavy atom. The molecule has 0 aromatic carbocycles. The quantitative estimate of drug-likeness (QED) is 0.0512. The highest BCUT2D eigenvalue weighted by atomic mass is 16.6. The molecular weight excluding hydrogens is 973 g/mol. The van der Waals surface area contributed by atoms with Crippen LogP contribution in [0.3, 0.4) is 0 Å². The van der Waals surface area contributed by atoms with Gasteiger partial charge in [0.2, 0.25) is 23.6 Å². The van der Waals surface area contributed by atoms with Gasteiger partial charge in [0.25, 0.3) is 5.91 Å². The van der Waals surface area contributed by atoms with Gasteiger partial charge in [-0.2, -0.15) is 0 Å². The highest BCUT2D eigenvalue weighted by Gasteiger charge is 2.24. The maximum Gasteiger partial charge on any atom is 0.251 e. The topological polar surface area (TPSA) is 284 Å². The molecule has 0 saturated carbocycles. The van der Waals surface area contributed by atoms with E-state index in [0.29, 0.717) is 134 Å². The molecule has 0 fully saturated rings. The van der Waals surface area contributed by atoms with Crippen LogP contribution in [0.1, 0.15) is 103 Å². The van der Waals surface area contributed by atoms with Crippen LogP contribution in [0, 0.1) is 5.92 Å². The second-order valence-corrected chi connectivity index (χ2v) is 18.4. The molecule has 0 radical (unpaired) electrons. The van der Waals surface area contributed by atoms with E-state index in [9.17, 15) is 24.0 Å². The molecule has 3 atom stereocenters. The van der Waals surface area contributed by atoms with Crippen LogP contribution < -0.4 is 26.6 Å². The van der Waals surface area contributed by atoms with Gasteiger partial charge in [-0.3, -0.25) is 24.0 Å². The fourth-order valence-corrected chi connectivity index (χ4v) is 6.28. The molecule has 0 unspecified atom stereocenters. The van der Waals surface area contributed by atoms with Crippen LogP contribution in [0.5, 0.6) is 0 Å². The second kappa shape index (κ2) is 37.1. The number of aromatic nitrogens is 5. The zero-order valence-corrected chi connectivity index (χ0v) is 45.4. The molecule has 75 heavy (non-hydrogen) atoms. The van der Waals surface area contributed by atoms with Crippen molar-refractivity contribution in [2.24, 2.45) is 5.92 Å². The summed E-state index contributed by atoms with van der Waals surface area (Å²) in [7, 11) is 0. The van der Waals surface area contributed by atoms with E-state index in [2.05, 4.69) is 46.5 Å². The number of pyridine rings is 1. The van der Waals surface area contributed by atoms with Gasteiger partial charge in [0.05, 0.1) is 117 Å². The summed E-state index contributed by atoms with van der Waals surface area (Å²) < 4.78 is 44.3. The summed E-state index contributed by atoms with van der Waals surface area (Å²) in [5, 5.41) is 13.4. The lowest BCUT2D eigenvalue weighted by molar-refractivity contribution is -0.133. The zero-order valence-electron chi connectivity index (χ0n) is 45.4. The van der Waals surface area contributed by atoms with Gasteiger partial charge in [0.15, 0.2) is 0 Å². The molecule has 418 valence electrons. The molecule has 0 spiro atoms. The fraction of sp³-hybridized carbons (Fsp3) is 0.654. The lowest BCUT2D eigenvalue weighted by Crippen LogP contribution is -2.54. The third kappa shape index (κ3) is 27.1. The van der Waals surface area contributed by atoms with Crippen molar-refractivity contribution < 1.29 is 61.9 Å². The first-order valence-corrected chi connectivity index (χ1v) is 25.8. The van der Waals surface area contributed by atoms with Crippen LogP contribution in [-0.2, 0) is 57.1 Å². The number of ether oxygens (including phenoxy) is 8. The normalized spacial score (nSPS) is 12.6. The number of rotatable bonds is 40. The molecule has 0 aliphatic carbocycles.